The quantitative estimate of drug-likeness (QED) is 0.0903. The average Bonchev–Trinajstić information content (AvgIpc) is 3.03. The number of rotatable bonds is 38. The van der Waals surface area contributed by atoms with Crippen molar-refractivity contribution in [2.75, 3.05) is 132 Å². The van der Waals surface area contributed by atoms with Gasteiger partial charge in [-0.2, -0.15) is 0 Å². The number of nitrogens with one attached hydrogen (secondary N) is 1. The van der Waals surface area contributed by atoms with E-state index in [-0.39, 0.29) is 12.7 Å². The molecule has 13 nitrogen and oxygen atoms in total. The summed E-state index contributed by atoms with van der Waals surface area (Å²) in [5.41, 5.74) is -0.441. The maximum atomic E-state index is 11.6. The van der Waals surface area contributed by atoms with Crippen molar-refractivity contribution in [2.45, 2.75) is 84.2 Å². The van der Waals surface area contributed by atoms with Crippen LogP contribution in [0, 0.1) is 0 Å². The van der Waals surface area contributed by atoms with Crippen LogP contribution < -0.4 is 5.32 Å². The predicted octanol–water partition coefficient (Wildman–Crippen LogP) is 4.16. The van der Waals surface area contributed by atoms with E-state index in [1.54, 1.807) is 0 Å². The summed E-state index contributed by atoms with van der Waals surface area (Å²) in [4.78, 5) is 11.6. The molecule has 0 saturated carbocycles. The standard InChI is InChI=1S/C34H69NO12/c1-34(2,3)47-33(37)35-13-11-9-7-5-4-6-8-10-12-15-38-17-19-40-21-23-42-25-27-44-29-31-46-32-30-45-28-26-43-24-22-41-20-18-39-16-14-36/h36H,4-32H2,1-3H3,(H,35,37). The summed E-state index contributed by atoms with van der Waals surface area (Å²) in [6.07, 6.45) is 10.4. The van der Waals surface area contributed by atoms with Crippen LogP contribution in [-0.4, -0.2) is 149 Å². The maximum Gasteiger partial charge on any atom is 0.407 e. The highest BCUT2D eigenvalue weighted by Gasteiger charge is 2.15. The Morgan fingerprint density at radius 3 is 1.02 bits per heavy atom. The number of hydrogen-bond donors (Lipinski definition) is 2. The highest BCUT2D eigenvalue weighted by atomic mass is 16.6. The zero-order chi connectivity index (χ0) is 34.4. The molecule has 0 bridgehead atoms. The second kappa shape index (κ2) is 37.7. The highest BCUT2D eigenvalue weighted by molar-refractivity contribution is 5.67. The van der Waals surface area contributed by atoms with Crippen LogP contribution in [0.3, 0.4) is 0 Å². The van der Waals surface area contributed by atoms with E-state index in [9.17, 15) is 4.79 Å². The minimum absolute atomic E-state index is 0.0269. The van der Waals surface area contributed by atoms with E-state index in [0.29, 0.717) is 119 Å². The van der Waals surface area contributed by atoms with Crippen molar-refractivity contribution in [2.24, 2.45) is 0 Å². The average molecular weight is 684 g/mol. The lowest BCUT2D eigenvalue weighted by Gasteiger charge is -2.19. The van der Waals surface area contributed by atoms with Gasteiger partial charge in [-0.15, -0.1) is 0 Å². The Hall–Kier alpha value is -1.13. The fraction of sp³-hybridized carbons (Fsp3) is 0.971. The van der Waals surface area contributed by atoms with Crippen molar-refractivity contribution in [3.8, 4) is 0 Å². The van der Waals surface area contributed by atoms with E-state index in [1.807, 2.05) is 20.8 Å². The van der Waals surface area contributed by atoms with Crippen LogP contribution in [0.25, 0.3) is 0 Å². The van der Waals surface area contributed by atoms with Gasteiger partial charge in [0.25, 0.3) is 0 Å². The van der Waals surface area contributed by atoms with Gasteiger partial charge in [-0.05, 0) is 33.6 Å². The van der Waals surface area contributed by atoms with Crippen molar-refractivity contribution in [1.29, 1.82) is 0 Å². The molecule has 0 unspecified atom stereocenters. The van der Waals surface area contributed by atoms with E-state index in [2.05, 4.69) is 5.32 Å². The van der Waals surface area contributed by atoms with E-state index in [0.717, 1.165) is 25.9 Å². The van der Waals surface area contributed by atoms with E-state index < -0.39 is 5.60 Å². The number of unbranched alkanes of at least 4 members (excludes halogenated alkanes) is 8. The van der Waals surface area contributed by atoms with Gasteiger partial charge in [0.2, 0.25) is 0 Å². The topological polar surface area (TPSA) is 142 Å². The second-order valence-corrected chi connectivity index (χ2v) is 11.8. The molecule has 0 heterocycles. The molecule has 0 aliphatic carbocycles. The summed E-state index contributed by atoms with van der Waals surface area (Å²) in [7, 11) is 0. The van der Waals surface area contributed by atoms with Crippen LogP contribution in [0.1, 0.15) is 78.6 Å². The predicted molar refractivity (Wildman–Crippen MR) is 180 cm³/mol. The number of aliphatic hydroxyl groups excluding tert-OH is 1. The molecular weight excluding hydrogens is 614 g/mol. The Morgan fingerprint density at radius 2 is 0.702 bits per heavy atom. The molecule has 13 heteroatoms. The Labute approximate surface area is 284 Å². The van der Waals surface area contributed by atoms with Crippen molar-refractivity contribution in [1.82, 2.24) is 5.32 Å². The summed E-state index contributed by atoms with van der Waals surface area (Å²) in [6.45, 7) is 15.8. The third kappa shape index (κ3) is 42.8. The minimum Gasteiger partial charge on any atom is -0.444 e. The van der Waals surface area contributed by atoms with Gasteiger partial charge in [0.05, 0.1) is 119 Å². The molecule has 0 spiro atoms. The first-order chi connectivity index (χ1) is 23.0. The lowest BCUT2D eigenvalue weighted by molar-refractivity contribution is -0.0255. The number of ether oxygens (including phenoxy) is 10. The molecule has 0 aromatic heterocycles. The van der Waals surface area contributed by atoms with Gasteiger partial charge in [-0.25, -0.2) is 4.79 Å². The Bertz CT molecular complexity index is 624. The maximum absolute atomic E-state index is 11.6. The van der Waals surface area contributed by atoms with Crippen molar-refractivity contribution in [3.63, 3.8) is 0 Å². The fourth-order valence-electron chi connectivity index (χ4n) is 4.00. The van der Waals surface area contributed by atoms with Crippen LogP contribution in [0.4, 0.5) is 4.79 Å². The van der Waals surface area contributed by atoms with Gasteiger partial charge in [-0.3, -0.25) is 0 Å². The van der Waals surface area contributed by atoms with Gasteiger partial charge in [0.15, 0.2) is 0 Å². The second-order valence-electron chi connectivity index (χ2n) is 11.8. The van der Waals surface area contributed by atoms with E-state index >= 15 is 0 Å². The molecule has 0 aromatic carbocycles. The monoisotopic (exact) mass is 683 g/mol. The Balaban J connectivity index is 3.09. The van der Waals surface area contributed by atoms with Crippen LogP contribution in [0.2, 0.25) is 0 Å². The number of hydrogen-bond acceptors (Lipinski definition) is 12. The minimum atomic E-state index is -0.441. The number of carbonyl (C=O) groups excluding carboxylic acids is 1. The molecule has 0 aliphatic rings. The molecule has 0 aliphatic heterocycles. The van der Waals surface area contributed by atoms with Crippen molar-refractivity contribution >= 4 is 6.09 Å². The van der Waals surface area contributed by atoms with Crippen LogP contribution in [-0.2, 0) is 47.4 Å². The summed E-state index contributed by atoms with van der Waals surface area (Å²) in [5.74, 6) is 0. The zero-order valence-corrected chi connectivity index (χ0v) is 29.9. The van der Waals surface area contributed by atoms with Gasteiger partial charge in [0.1, 0.15) is 5.60 Å². The molecule has 0 radical (unpaired) electrons. The molecule has 0 atom stereocenters. The first-order valence-electron chi connectivity index (χ1n) is 17.7. The normalized spacial score (nSPS) is 11.7. The highest BCUT2D eigenvalue weighted by Crippen LogP contribution is 2.10. The fourth-order valence-corrected chi connectivity index (χ4v) is 4.00. The van der Waals surface area contributed by atoms with Gasteiger partial charge < -0.3 is 57.8 Å². The van der Waals surface area contributed by atoms with E-state index in [4.69, 9.17) is 52.5 Å². The molecule has 0 aromatic rings. The van der Waals surface area contributed by atoms with Gasteiger partial charge in [-0.1, -0.05) is 44.9 Å². The molecule has 47 heavy (non-hydrogen) atoms. The van der Waals surface area contributed by atoms with Crippen molar-refractivity contribution in [3.05, 3.63) is 0 Å². The number of amides is 1. The molecule has 1 amide bonds. The lowest BCUT2D eigenvalue weighted by atomic mass is 10.1. The Morgan fingerprint density at radius 1 is 0.426 bits per heavy atom. The third-order valence-corrected chi connectivity index (χ3v) is 6.35. The lowest BCUT2D eigenvalue weighted by Crippen LogP contribution is -2.32. The van der Waals surface area contributed by atoms with Gasteiger partial charge >= 0.3 is 6.09 Å². The molecule has 282 valence electrons. The SMILES string of the molecule is CC(C)(C)OC(=O)NCCCCCCCCCCCOCCOCCOCCOCCOCCOCCOCCOCCOCCO. The van der Waals surface area contributed by atoms with Crippen LogP contribution >= 0.6 is 0 Å². The van der Waals surface area contributed by atoms with Crippen LogP contribution in [0.5, 0.6) is 0 Å². The molecule has 2 N–H and O–H groups in total. The summed E-state index contributed by atoms with van der Waals surface area (Å²) < 4.78 is 54.2. The summed E-state index contributed by atoms with van der Waals surface area (Å²) in [5, 5.41) is 11.4. The first kappa shape index (κ1) is 45.9. The van der Waals surface area contributed by atoms with Gasteiger partial charge in [0, 0.05) is 13.2 Å². The number of alkyl carbamates (subject to hydrolysis) is 1. The third-order valence-electron chi connectivity index (χ3n) is 6.35. The largest absolute Gasteiger partial charge is 0.444 e. The van der Waals surface area contributed by atoms with E-state index in [1.165, 1.54) is 38.5 Å². The summed E-state index contributed by atoms with van der Waals surface area (Å²) in [6, 6.07) is 0. The molecule has 0 saturated heterocycles. The molecule has 0 fully saturated rings. The summed E-state index contributed by atoms with van der Waals surface area (Å²) >= 11 is 0. The van der Waals surface area contributed by atoms with Crippen LogP contribution in [0.15, 0.2) is 0 Å². The number of carbonyl (C=O) groups is 1. The molecule has 0 rings (SSSR count). The van der Waals surface area contributed by atoms with Crippen molar-refractivity contribution < 1.29 is 57.3 Å². The number of aliphatic hydroxyl groups is 1. The molecular formula is C34H69NO12. The smallest absolute Gasteiger partial charge is 0.407 e. The zero-order valence-electron chi connectivity index (χ0n) is 29.9. The Kier molecular flexibility index (Phi) is 36.8. The first-order valence-corrected chi connectivity index (χ1v) is 17.7.